The molecular weight excluding hydrogens is 354 g/mol. The number of benzene rings is 1. The van der Waals surface area contributed by atoms with E-state index in [9.17, 15) is 18.0 Å². The molecule has 2 saturated heterocycles. The number of amides is 2. The van der Waals surface area contributed by atoms with Crippen LogP contribution >= 0.6 is 0 Å². The number of hydrogen-bond acceptors (Lipinski definition) is 4. The summed E-state index contributed by atoms with van der Waals surface area (Å²) in [6.07, 6.45) is 3.59. The fraction of sp³-hybridized carbons (Fsp3) is 0.556. The van der Waals surface area contributed by atoms with Gasteiger partial charge in [0.25, 0.3) is 5.91 Å². The monoisotopic (exact) mass is 379 g/mol. The highest BCUT2D eigenvalue weighted by molar-refractivity contribution is 7.89. The van der Waals surface area contributed by atoms with Gasteiger partial charge in [0.2, 0.25) is 16.4 Å². The summed E-state index contributed by atoms with van der Waals surface area (Å²) in [4.78, 5) is 27.1. The minimum Gasteiger partial charge on any atom is -0.342 e. The number of hydrogen-bond donors (Lipinski definition) is 0. The van der Waals surface area contributed by atoms with Crippen molar-refractivity contribution in [3.63, 3.8) is 0 Å². The van der Waals surface area contributed by atoms with Crippen molar-refractivity contribution in [1.29, 1.82) is 0 Å². The van der Waals surface area contributed by atoms with Crippen LogP contribution in [0.4, 0.5) is 0 Å². The van der Waals surface area contributed by atoms with Gasteiger partial charge in [0.15, 0.2) is 0 Å². The molecule has 0 aliphatic carbocycles. The Balaban J connectivity index is 1.83. The summed E-state index contributed by atoms with van der Waals surface area (Å²) in [5.41, 5.74) is 1.03. The molecule has 2 heterocycles. The number of sulfonamides is 1. The van der Waals surface area contributed by atoms with E-state index >= 15 is 0 Å². The average molecular weight is 379 g/mol. The average Bonchev–Trinajstić information content (AvgIpc) is 2.68. The van der Waals surface area contributed by atoms with Crippen molar-refractivity contribution in [3.05, 3.63) is 29.3 Å². The first-order valence-electron chi connectivity index (χ1n) is 9.03. The molecule has 0 radical (unpaired) electrons. The molecule has 1 aromatic rings. The van der Waals surface area contributed by atoms with Gasteiger partial charge >= 0.3 is 0 Å². The van der Waals surface area contributed by atoms with Gasteiger partial charge in [0.1, 0.15) is 0 Å². The Kier molecular flexibility index (Phi) is 5.62. The van der Waals surface area contributed by atoms with Gasteiger partial charge in [-0.25, -0.2) is 8.42 Å². The number of rotatable bonds is 4. The van der Waals surface area contributed by atoms with E-state index in [1.54, 1.807) is 28.9 Å². The van der Waals surface area contributed by atoms with Crippen molar-refractivity contribution >= 4 is 22.3 Å². The van der Waals surface area contributed by atoms with Gasteiger partial charge in [-0.3, -0.25) is 9.59 Å². The molecule has 2 fully saturated rings. The Morgan fingerprint density at radius 2 is 1.65 bits per heavy atom. The Morgan fingerprint density at radius 1 is 1.00 bits per heavy atom. The summed E-state index contributed by atoms with van der Waals surface area (Å²) in [6, 6.07) is 4.89. The standard InChI is InChI=1S/C18H25N3O4S/c1-15-5-6-16(18(23)20-11-9-19(14-22)10-12-20)13-17(15)26(24,25)21-7-3-2-4-8-21/h5-6,13-14H,2-4,7-12H2,1H3. The smallest absolute Gasteiger partial charge is 0.254 e. The lowest BCUT2D eigenvalue weighted by Gasteiger charge is -2.32. The molecule has 1 aromatic carbocycles. The first kappa shape index (κ1) is 18.8. The van der Waals surface area contributed by atoms with Crippen LogP contribution in [0.5, 0.6) is 0 Å². The predicted molar refractivity (Wildman–Crippen MR) is 97.3 cm³/mol. The van der Waals surface area contributed by atoms with Crippen molar-refractivity contribution in [3.8, 4) is 0 Å². The summed E-state index contributed by atoms with van der Waals surface area (Å²) in [6.45, 7) is 4.74. The summed E-state index contributed by atoms with van der Waals surface area (Å²) in [7, 11) is -3.58. The van der Waals surface area contributed by atoms with Crippen molar-refractivity contribution in [2.75, 3.05) is 39.3 Å². The summed E-state index contributed by atoms with van der Waals surface area (Å²) < 4.78 is 27.5. The quantitative estimate of drug-likeness (QED) is 0.734. The van der Waals surface area contributed by atoms with Crippen molar-refractivity contribution in [1.82, 2.24) is 14.1 Å². The fourth-order valence-electron chi connectivity index (χ4n) is 3.47. The van der Waals surface area contributed by atoms with Crippen LogP contribution in [0.15, 0.2) is 23.1 Å². The number of piperazine rings is 1. The minimum absolute atomic E-state index is 0.189. The molecule has 2 aliphatic rings. The summed E-state index contributed by atoms with van der Waals surface area (Å²) in [5.74, 6) is -0.189. The highest BCUT2D eigenvalue weighted by atomic mass is 32.2. The molecule has 8 heteroatoms. The van der Waals surface area contributed by atoms with Gasteiger partial charge in [-0.2, -0.15) is 4.31 Å². The first-order chi connectivity index (χ1) is 12.4. The molecular formula is C18H25N3O4S. The van der Waals surface area contributed by atoms with Crippen molar-refractivity contribution in [2.24, 2.45) is 0 Å². The normalized spacial score (nSPS) is 19.4. The SMILES string of the molecule is Cc1ccc(C(=O)N2CCN(C=O)CC2)cc1S(=O)(=O)N1CCCCC1. The molecule has 3 rings (SSSR count). The van der Waals surface area contributed by atoms with E-state index in [1.165, 1.54) is 10.4 Å². The largest absolute Gasteiger partial charge is 0.342 e. The van der Waals surface area contributed by atoms with Crippen LogP contribution in [-0.4, -0.2) is 74.1 Å². The van der Waals surface area contributed by atoms with E-state index in [2.05, 4.69) is 0 Å². The van der Waals surface area contributed by atoms with E-state index in [0.29, 0.717) is 50.4 Å². The number of carbonyl (C=O) groups is 2. The van der Waals surface area contributed by atoms with Gasteiger partial charge in [0, 0.05) is 44.8 Å². The van der Waals surface area contributed by atoms with Crippen molar-refractivity contribution < 1.29 is 18.0 Å². The molecule has 2 aliphatic heterocycles. The summed E-state index contributed by atoms with van der Waals surface area (Å²) >= 11 is 0. The molecule has 0 bridgehead atoms. The van der Waals surface area contributed by atoms with Crippen LogP contribution in [0.2, 0.25) is 0 Å². The zero-order valence-electron chi connectivity index (χ0n) is 15.1. The Morgan fingerprint density at radius 3 is 2.27 bits per heavy atom. The second-order valence-electron chi connectivity index (χ2n) is 6.88. The van der Waals surface area contributed by atoms with E-state index in [4.69, 9.17) is 0 Å². The molecule has 26 heavy (non-hydrogen) atoms. The molecule has 7 nitrogen and oxygen atoms in total. The van der Waals surface area contributed by atoms with Crippen LogP contribution in [-0.2, 0) is 14.8 Å². The maximum absolute atomic E-state index is 13.0. The van der Waals surface area contributed by atoms with E-state index < -0.39 is 10.0 Å². The number of piperidine rings is 1. The van der Waals surface area contributed by atoms with Crippen LogP contribution < -0.4 is 0 Å². The highest BCUT2D eigenvalue weighted by Crippen LogP contribution is 2.25. The second kappa shape index (κ2) is 7.75. The fourth-order valence-corrected chi connectivity index (χ4v) is 5.24. The Bertz CT molecular complexity index is 780. The maximum Gasteiger partial charge on any atom is 0.254 e. The van der Waals surface area contributed by atoms with Gasteiger partial charge in [-0.15, -0.1) is 0 Å². The van der Waals surface area contributed by atoms with Crippen molar-refractivity contribution in [2.45, 2.75) is 31.1 Å². The zero-order valence-corrected chi connectivity index (χ0v) is 15.9. The van der Waals surface area contributed by atoms with E-state index in [1.807, 2.05) is 0 Å². The highest BCUT2D eigenvalue weighted by Gasteiger charge is 2.29. The third-order valence-corrected chi connectivity index (χ3v) is 7.16. The zero-order chi connectivity index (χ0) is 18.7. The van der Waals surface area contributed by atoms with E-state index in [0.717, 1.165) is 25.7 Å². The molecule has 0 atom stereocenters. The Labute approximate surface area is 154 Å². The van der Waals surface area contributed by atoms with Crippen LogP contribution in [0.3, 0.4) is 0 Å². The maximum atomic E-state index is 13.0. The third-order valence-electron chi connectivity index (χ3n) is 5.12. The Hall–Kier alpha value is -1.93. The number of aryl methyl sites for hydroxylation is 1. The van der Waals surface area contributed by atoms with Gasteiger partial charge < -0.3 is 9.80 Å². The first-order valence-corrected chi connectivity index (χ1v) is 10.5. The van der Waals surface area contributed by atoms with Gasteiger partial charge in [-0.05, 0) is 37.5 Å². The summed E-state index contributed by atoms with van der Waals surface area (Å²) in [5, 5.41) is 0. The molecule has 0 saturated carbocycles. The lowest BCUT2D eigenvalue weighted by atomic mass is 10.1. The molecule has 142 valence electrons. The lowest BCUT2D eigenvalue weighted by Crippen LogP contribution is -2.48. The van der Waals surface area contributed by atoms with Gasteiger partial charge in [0.05, 0.1) is 4.90 Å². The van der Waals surface area contributed by atoms with Gasteiger partial charge in [-0.1, -0.05) is 12.5 Å². The molecule has 2 amide bonds. The molecule has 0 aromatic heterocycles. The van der Waals surface area contributed by atoms with Crippen LogP contribution in [0, 0.1) is 6.92 Å². The van der Waals surface area contributed by atoms with Crippen LogP contribution in [0.25, 0.3) is 0 Å². The molecule has 0 unspecified atom stereocenters. The predicted octanol–water partition coefficient (Wildman–Crippen LogP) is 1.08. The number of carbonyl (C=O) groups excluding carboxylic acids is 2. The van der Waals surface area contributed by atoms with Crippen LogP contribution in [0.1, 0.15) is 35.2 Å². The van der Waals surface area contributed by atoms with E-state index in [-0.39, 0.29) is 10.8 Å². The lowest BCUT2D eigenvalue weighted by molar-refractivity contribution is -0.119. The topological polar surface area (TPSA) is 78.0 Å². The second-order valence-corrected chi connectivity index (χ2v) is 8.78. The minimum atomic E-state index is -3.58. The third kappa shape index (κ3) is 3.76. The molecule has 0 N–H and O–H groups in total. The molecule has 0 spiro atoms. The number of nitrogens with zero attached hydrogens (tertiary/aromatic N) is 3.